The number of hydrogen-bond acceptors (Lipinski definition) is 6. The van der Waals surface area contributed by atoms with Gasteiger partial charge in [-0.1, -0.05) is 0 Å². The number of benzene rings is 1. The monoisotopic (exact) mass is 368 g/mol. The van der Waals surface area contributed by atoms with Crippen LogP contribution in [0.2, 0.25) is 0 Å². The van der Waals surface area contributed by atoms with Crippen LogP contribution in [0.25, 0.3) is 11.3 Å². The second kappa shape index (κ2) is 6.63. The summed E-state index contributed by atoms with van der Waals surface area (Å²) in [6.45, 7) is 1.53. The third-order valence-corrected chi connectivity index (χ3v) is 4.24. The second-order valence-electron chi connectivity index (χ2n) is 5.41. The molecule has 1 aliphatic heterocycles. The summed E-state index contributed by atoms with van der Waals surface area (Å²) in [5.74, 6) is -1.99. The van der Waals surface area contributed by atoms with Crippen molar-refractivity contribution in [2.45, 2.75) is 13.0 Å². The zero-order valence-electron chi connectivity index (χ0n) is 13.1. The summed E-state index contributed by atoms with van der Waals surface area (Å²) in [6, 6.07) is 2.08. The Labute approximate surface area is 145 Å². The first-order valence-electron chi connectivity index (χ1n) is 7.28. The average Bonchev–Trinajstić information content (AvgIpc) is 3.10. The SMILES string of the molecule is CC(=O)NCC1CN(c2cc(F)c(-c3csc(N)n3)c(F)c2)C(=O)O1. The number of thiazole rings is 1. The van der Waals surface area contributed by atoms with Crippen LogP contribution in [-0.2, 0) is 9.53 Å². The lowest BCUT2D eigenvalue weighted by Crippen LogP contribution is -2.33. The molecule has 1 atom stereocenters. The second-order valence-corrected chi connectivity index (χ2v) is 6.30. The van der Waals surface area contributed by atoms with Gasteiger partial charge in [-0.3, -0.25) is 9.69 Å². The summed E-state index contributed by atoms with van der Waals surface area (Å²) in [6.07, 6.45) is -1.33. The van der Waals surface area contributed by atoms with Gasteiger partial charge in [-0.05, 0) is 12.1 Å². The number of anilines is 2. The fourth-order valence-corrected chi connectivity index (χ4v) is 3.01. The van der Waals surface area contributed by atoms with E-state index in [1.54, 1.807) is 0 Å². The Morgan fingerprint density at radius 2 is 2.16 bits per heavy atom. The molecule has 1 aromatic heterocycles. The molecule has 10 heteroatoms. The van der Waals surface area contributed by atoms with Crippen LogP contribution >= 0.6 is 11.3 Å². The van der Waals surface area contributed by atoms with Crippen molar-refractivity contribution < 1.29 is 23.1 Å². The van der Waals surface area contributed by atoms with E-state index in [9.17, 15) is 18.4 Å². The molecule has 0 saturated carbocycles. The molecule has 0 aliphatic carbocycles. The fourth-order valence-electron chi connectivity index (χ4n) is 2.46. The van der Waals surface area contributed by atoms with Crippen LogP contribution in [0.4, 0.5) is 24.4 Å². The molecule has 1 aliphatic rings. The Balaban J connectivity index is 1.84. The first kappa shape index (κ1) is 17.1. The number of cyclic esters (lactones) is 1. The summed E-state index contributed by atoms with van der Waals surface area (Å²) < 4.78 is 33.8. The highest BCUT2D eigenvalue weighted by molar-refractivity contribution is 7.13. The molecule has 2 aromatic rings. The number of carbonyl (C=O) groups excluding carboxylic acids is 2. The van der Waals surface area contributed by atoms with Crippen LogP contribution in [0, 0.1) is 11.6 Å². The van der Waals surface area contributed by atoms with Gasteiger partial charge in [-0.25, -0.2) is 18.6 Å². The maximum atomic E-state index is 14.4. The highest BCUT2D eigenvalue weighted by atomic mass is 32.1. The number of halogens is 2. The van der Waals surface area contributed by atoms with Gasteiger partial charge in [-0.15, -0.1) is 11.3 Å². The van der Waals surface area contributed by atoms with Crippen LogP contribution in [0.15, 0.2) is 17.5 Å². The molecular formula is C15H14F2N4O3S. The lowest BCUT2D eigenvalue weighted by Gasteiger charge is -2.14. The van der Waals surface area contributed by atoms with Crippen LogP contribution in [0.5, 0.6) is 0 Å². The summed E-state index contributed by atoms with van der Waals surface area (Å²) >= 11 is 1.07. The van der Waals surface area contributed by atoms with Gasteiger partial charge in [0, 0.05) is 12.3 Å². The minimum Gasteiger partial charge on any atom is -0.442 e. The van der Waals surface area contributed by atoms with Gasteiger partial charge in [0.1, 0.15) is 17.7 Å². The van der Waals surface area contributed by atoms with Crippen LogP contribution in [0.1, 0.15) is 6.92 Å². The van der Waals surface area contributed by atoms with Crippen LogP contribution in [0.3, 0.4) is 0 Å². The normalized spacial score (nSPS) is 16.8. The molecular weight excluding hydrogens is 354 g/mol. The van der Waals surface area contributed by atoms with Crippen LogP contribution < -0.4 is 16.0 Å². The number of nitrogen functional groups attached to an aromatic ring is 1. The Bertz CT molecular complexity index is 819. The number of nitrogens with one attached hydrogen (secondary N) is 1. The number of aromatic nitrogens is 1. The van der Waals surface area contributed by atoms with Gasteiger partial charge in [0.05, 0.1) is 30.0 Å². The molecule has 1 aromatic carbocycles. The molecule has 2 amide bonds. The van der Waals surface area contributed by atoms with Crippen molar-refractivity contribution >= 4 is 34.2 Å². The lowest BCUT2D eigenvalue weighted by atomic mass is 10.1. The number of hydrogen-bond donors (Lipinski definition) is 2. The van der Waals surface area contributed by atoms with Gasteiger partial charge in [-0.2, -0.15) is 0 Å². The minimum atomic E-state index is -0.863. The number of nitrogens with two attached hydrogens (primary N) is 1. The Morgan fingerprint density at radius 1 is 1.48 bits per heavy atom. The fraction of sp³-hybridized carbons (Fsp3) is 0.267. The third kappa shape index (κ3) is 3.53. The topological polar surface area (TPSA) is 97.5 Å². The average molecular weight is 368 g/mol. The van der Waals surface area contributed by atoms with E-state index < -0.39 is 23.8 Å². The molecule has 25 heavy (non-hydrogen) atoms. The zero-order valence-corrected chi connectivity index (χ0v) is 13.9. The quantitative estimate of drug-likeness (QED) is 0.862. The smallest absolute Gasteiger partial charge is 0.414 e. The van der Waals surface area contributed by atoms with Crippen molar-refractivity contribution in [3.05, 3.63) is 29.1 Å². The number of ether oxygens (including phenoxy) is 1. The van der Waals surface area contributed by atoms with Gasteiger partial charge in [0.15, 0.2) is 5.13 Å². The first-order chi connectivity index (χ1) is 11.8. The molecule has 1 fully saturated rings. The third-order valence-electron chi connectivity index (χ3n) is 3.57. The predicted molar refractivity (Wildman–Crippen MR) is 88.2 cm³/mol. The summed E-state index contributed by atoms with van der Waals surface area (Å²) in [4.78, 5) is 27.8. The molecule has 0 bridgehead atoms. The van der Waals surface area contributed by atoms with E-state index >= 15 is 0 Å². The molecule has 7 nitrogen and oxygen atoms in total. The zero-order chi connectivity index (χ0) is 18.1. The van der Waals surface area contributed by atoms with E-state index in [2.05, 4.69) is 10.3 Å². The molecule has 1 unspecified atom stereocenters. The van der Waals surface area contributed by atoms with Crippen molar-refractivity contribution in [1.29, 1.82) is 0 Å². The standard InChI is InChI=1S/C15H14F2N4O3S/c1-7(22)19-4-9-5-21(15(23)24-9)8-2-10(16)13(11(17)3-8)12-6-25-14(18)20-12/h2-3,6,9H,4-5H2,1H3,(H2,18,20)(H,19,22). The van der Waals surface area contributed by atoms with Crippen molar-refractivity contribution in [3.63, 3.8) is 0 Å². The van der Waals surface area contributed by atoms with Crippen LogP contribution in [-0.4, -0.2) is 36.2 Å². The highest BCUT2D eigenvalue weighted by Gasteiger charge is 2.33. The number of rotatable bonds is 4. The Hall–Kier alpha value is -2.75. The molecule has 0 radical (unpaired) electrons. The van der Waals surface area contributed by atoms with Crippen molar-refractivity contribution in [2.75, 3.05) is 23.7 Å². The van der Waals surface area contributed by atoms with Crippen molar-refractivity contribution in [1.82, 2.24) is 10.3 Å². The molecule has 2 heterocycles. The van der Waals surface area contributed by atoms with Gasteiger partial charge in [0.2, 0.25) is 5.91 Å². The van der Waals surface area contributed by atoms with E-state index in [0.717, 1.165) is 28.4 Å². The summed E-state index contributed by atoms with van der Waals surface area (Å²) in [7, 11) is 0. The first-order valence-corrected chi connectivity index (χ1v) is 8.16. The van der Waals surface area contributed by atoms with E-state index in [1.807, 2.05) is 0 Å². The molecule has 3 N–H and O–H groups in total. The van der Waals surface area contributed by atoms with Gasteiger partial charge in [0.25, 0.3) is 0 Å². The predicted octanol–water partition coefficient (Wildman–Crippen LogP) is 2.13. The number of amides is 2. The Morgan fingerprint density at radius 3 is 2.72 bits per heavy atom. The van der Waals surface area contributed by atoms with E-state index in [0.29, 0.717) is 0 Å². The highest BCUT2D eigenvalue weighted by Crippen LogP contribution is 2.32. The summed E-state index contributed by atoms with van der Waals surface area (Å²) in [5, 5.41) is 4.17. The van der Waals surface area contributed by atoms with Gasteiger partial charge >= 0.3 is 6.09 Å². The van der Waals surface area contributed by atoms with E-state index in [4.69, 9.17) is 10.5 Å². The van der Waals surface area contributed by atoms with Crippen molar-refractivity contribution in [2.24, 2.45) is 0 Å². The maximum Gasteiger partial charge on any atom is 0.414 e. The molecule has 3 rings (SSSR count). The largest absolute Gasteiger partial charge is 0.442 e. The molecule has 0 spiro atoms. The van der Waals surface area contributed by atoms with Gasteiger partial charge < -0.3 is 15.8 Å². The van der Waals surface area contributed by atoms with Crippen molar-refractivity contribution in [3.8, 4) is 11.3 Å². The molecule has 132 valence electrons. The van der Waals surface area contributed by atoms with E-state index in [1.165, 1.54) is 12.3 Å². The summed E-state index contributed by atoms with van der Waals surface area (Å²) in [5.41, 5.74) is 5.30. The molecule has 1 saturated heterocycles. The Kier molecular flexibility index (Phi) is 4.53. The minimum absolute atomic E-state index is 0.0253. The number of nitrogens with zero attached hydrogens (tertiary/aromatic N) is 2. The maximum absolute atomic E-state index is 14.4. The lowest BCUT2D eigenvalue weighted by molar-refractivity contribution is -0.119. The number of carbonyl (C=O) groups is 2. The van der Waals surface area contributed by atoms with E-state index in [-0.39, 0.29) is 41.1 Å².